The highest BCUT2D eigenvalue weighted by atomic mass is 17.2. The van der Waals surface area contributed by atoms with Crippen LogP contribution in [0.2, 0.25) is 0 Å². The molecule has 8 nitrogen and oxygen atoms in total. The summed E-state index contributed by atoms with van der Waals surface area (Å²) in [7, 11) is 0. The first-order chi connectivity index (χ1) is 12.3. The molecule has 8 heteroatoms. The molecular formula is C19H32O8. The summed E-state index contributed by atoms with van der Waals surface area (Å²) in [6.45, 7) is 15.3. The van der Waals surface area contributed by atoms with Crippen molar-refractivity contribution in [3.05, 3.63) is 0 Å². The van der Waals surface area contributed by atoms with E-state index in [1.165, 1.54) is 0 Å². The highest BCUT2D eigenvalue weighted by molar-refractivity contribution is 5.00. The van der Waals surface area contributed by atoms with E-state index in [0.717, 1.165) is 0 Å². The Hall–Kier alpha value is -0.320. The molecule has 4 rings (SSSR count). The molecule has 4 aliphatic heterocycles. The fourth-order valence-corrected chi connectivity index (χ4v) is 3.92. The van der Waals surface area contributed by atoms with Crippen molar-refractivity contribution in [3.8, 4) is 0 Å². The van der Waals surface area contributed by atoms with Crippen LogP contribution in [0.25, 0.3) is 0 Å². The first kappa shape index (κ1) is 20.0. The number of ether oxygens (including phenoxy) is 6. The van der Waals surface area contributed by atoms with E-state index in [4.69, 9.17) is 38.2 Å². The van der Waals surface area contributed by atoms with E-state index in [0.29, 0.717) is 6.42 Å². The molecule has 4 fully saturated rings. The van der Waals surface area contributed by atoms with Gasteiger partial charge in [0, 0.05) is 6.42 Å². The zero-order valence-electron chi connectivity index (χ0n) is 17.4. The third-order valence-electron chi connectivity index (χ3n) is 5.92. The molecule has 0 aromatic heterocycles. The van der Waals surface area contributed by atoms with Gasteiger partial charge in [-0.25, -0.2) is 9.78 Å². The average molecular weight is 388 g/mol. The molecule has 156 valence electrons. The second kappa shape index (κ2) is 6.09. The minimum Gasteiger partial charge on any atom is -0.343 e. The van der Waals surface area contributed by atoms with Gasteiger partial charge in [-0.2, -0.15) is 0 Å². The van der Waals surface area contributed by atoms with Crippen molar-refractivity contribution in [1.29, 1.82) is 0 Å². The molecule has 0 saturated carbocycles. The Morgan fingerprint density at radius 2 is 1.22 bits per heavy atom. The Morgan fingerprint density at radius 1 is 0.630 bits per heavy atom. The van der Waals surface area contributed by atoms with E-state index in [9.17, 15) is 0 Å². The minimum absolute atomic E-state index is 0.292. The molecule has 0 aromatic rings. The maximum Gasteiger partial charge on any atom is 0.194 e. The normalized spacial score (nSPS) is 46.7. The number of hydrogen-bond donors (Lipinski definition) is 0. The molecule has 0 aliphatic carbocycles. The molecule has 0 aromatic carbocycles. The maximum atomic E-state index is 6.21. The van der Waals surface area contributed by atoms with Crippen LogP contribution in [0, 0.1) is 0 Å². The molecule has 4 saturated heterocycles. The molecule has 6 atom stereocenters. The Balaban J connectivity index is 1.51. The Morgan fingerprint density at radius 3 is 1.89 bits per heavy atom. The third kappa shape index (κ3) is 3.55. The summed E-state index contributed by atoms with van der Waals surface area (Å²) in [5.74, 6) is -1.47. The predicted octanol–water partition coefficient (Wildman–Crippen LogP) is 2.63. The van der Waals surface area contributed by atoms with Gasteiger partial charge in [-0.1, -0.05) is 0 Å². The fourth-order valence-electron chi connectivity index (χ4n) is 3.92. The van der Waals surface area contributed by atoms with Crippen LogP contribution in [-0.4, -0.2) is 59.8 Å². The molecule has 4 heterocycles. The van der Waals surface area contributed by atoms with Crippen LogP contribution >= 0.6 is 0 Å². The Kier molecular flexibility index (Phi) is 4.51. The van der Waals surface area contributed by atoms with E-state index in [-0.39, 0.29) is 24.4 Å². The van der Waals surface area contributed by atoms with E-state index in [1.807, 2.05) is 55.4 Å². The van der Waals surface area contributed by atoms with Gasteiger partial charge in [0.05, 0.1) is 11.7 Å². The molecular weight excluding hydrogens is 356 g/mol. The minimum atomic E-state index is -0.738. The molecule has 0 amide bonds. The summed E-state index contributed by atoms with van der Waals surface area (Å²) < 4.78 is 36.6. The maximum absolute atomic E-state index is 6.21. The van der Waals surface area contributed by atoms with E-state index < -0.39 is 35.4 Å². The second-order valence-electron chi connectivity index (χ2n) is 9.69. The Bertz CT molecular complexity index is 586. The zero-order chi connectivity index (χ0) is 19.8. The van der Waals surface area contributed by atoms with Crippen LogP contribution in [0.1, 0.15) is 61.8 Å². The van der Waals surface area contributed by atoms with Gasteiger partial charge >= 0.3 is 0 Å². The standard InChI is InChI=1S/C19H32O8/c1-16(2)17(3,4)27-26-11(21-16)9-10-12-13(23-18(5,6)22-12)14-15(20-10)25-19(7,8)24-14/h10-15H,9H2,1-8H3/t10-,11?,12+,13+,14-,15-/m1/s1. The van der Waals surface area contributed by atoms with Crippen molar-refractivity contribution in [3.63, 3.8) is 0 Å². The smallest absolute Gasteiger partial charge is 0.194 e. The van der Waals surface area contributed by atoms with E-state index in [1.54, 1.807) is 0 Å². The van der Waals surface area contributed by atoms with Crippen molar-refractivity contribution in [2.45, 2.75) is 122 Å². The van der Waals surface area contributed by atoms with Crippen molar-refractivity contribution in [2.75, 3.05) is 0 Å². The average Bonchev–Trinajstić information content (AvgIpc) is 2.98. The lowest BCUT2D eigenvalue weighted by Gasteiger charge is -2.47. The van der Waals surface area contributed by atoms with Gasteiger partial charge < -0.3 is 28.4 Å². The van der Waals surface area contributed by atoms with Crippen LogP contribution in [0.15, 0.2) is 0 Å². The third-order valence-corrected chi connectivity index (χ3v) is 5.92. The van der Waals surface area contributed by atoms with Crippen LogP contribution in [0.5, 0.6) is 0 Å². The second-order valence-corrected chi connectivity index (χ2v) is 9.69. The monoisotopic (exact) mass is 388 g/mol. The van der Waals surface area contributed by atoms with E-state index >= 15 is 0 Å². The summed E-state index contributed by atoms with van der Waals surface area (Å²) in [5, 5.41) is 0. The molecule has 0 radical (unpaired) electrons. The predicted molar refractivity (Wildman–Crippen MR) is 92.3 cm³/mol. The van der Waals surface area contributed by atoms with Gasteiger partial charge in [-0.15, -0.1) is 0 Å². The SMILES string of the molecule is CC1(C)O[C@H]2[C@@H](O1)[C@@H](CC1OOC(C)(C)C(C)(C)O1)O[C@@H]1OC(C)(C)O[C@@H]12. The van der Waals surface area contributed by atoms with Gasteiger partial charge in [0.25, 0.3) is 0 Å². The van der Waals surface area contributed by atoms with E-state index in [2.05, 4.69) is 0 Å². The summed E-state index contributed by atoms with van der Waals surface area (Å²) in [4.78, 5) is 11.1. The summed E-state index contributed by atoms with van der Waals surface area (Å²) >= 11 is 0. The van der Waals surface area contributed by atoms with Crippen molar-refractivity contribution in [1.82, 2.24) is 0 Å². The van der Waals surface area contributed by atoms with Gasteiger partial charge in [0.15, 0.2) is 24.2 Å². The molecule has 27 heavy (non-hydrogen) atoms. The van der Waals surface area contributed by atoms with Crippen LogP contribution in [0.3, 0.4) is 0 Å². The first-order valence-corrected chi connectivity index (χ1v) is 9.68. The largest absolute Gasteiger partial charge is 0.343 e. The summed E-state index contributed by atoms with van der Waals surface area (Å²) in [6, 6.07) is 0. The molecule has 0 bridgehead atoms. The molecule has 4 aliphatic rings. The summed E-state index contributed by atoms with van der Waals surface area (Å²) in [5.41, 5.74) is -1.08. The van der Waals surface area contributed by atoms with Gasteiger partial charge in [-0.3, -0.25) is 0 Å². The molecule has 0 spiro atoms. The lowest BCUT2D eigenvalue weighted by molar-refractivity contribution is -0.503. The van der Waals surface area contributed by atoms with Crippen molar-refractivity contribution < 1.29 is 38.2 Å². The molecule has 0 N–H and O–H groups in total. The highest BCUT2D eigenvalue weighted by Crippen LogP contribution is 2.46. The number of fused-ring (bicyclic) bond motifs is 3. The summed E-state index contributed by atoms with van der Waals surface area (Å²) in [6.07, 6.45) is -1.99. The van der Waals surface area contributed by atoms with Crippen LogP contribution < -0.4 is 0 Å². The first-order valence-electron chi connectivity index (χ1n) is 9.68. The topological polar surface area (TPSA) is 73.8 Å². The van der Waals surface area contributed by atoms with Gasteiger partial charge in [0.1, 0.15) is 23.9 Å². The number of hydrogen-bond acceptors (Lipinski definition) is 8. The van der Waals surface area contributed by atoms with Crippen molar-refractivity contribution in [2.24, 2.45) is 0 Å². The van der Waals surface area contributed by atoms with Gasteiger partial charge in [0.2, 0.25) is 0 Å². The van der Waals surface area contributed by atoms with Crippen LogP contribution in [-0.2, 0) is 38.2 Å². The lowest BCUT2D eigenvalue weighted by Crippen LogP contribution is -2.59. The highest BCUT2D eigenvalue weighted by Gasteiger charge is 2.61. The molecule has 1 unspecified atom stereocenters. The zero-order valence-corrected chi connectivity index (χ0v) is 17.4. The van der Waals surface area contributed by atoms with Crippen LogP contribution in [0.4, 0.5) is 0 Å². The lowest BCUT2D eigenvalue weighted by atomic mass is 9.89. The Labute approximate surface area is 160 Å². The quantitative estimate of drug-likeness (QED) is 0.669. The fraction of sp³-hybridized carbons (Fsp3) is 1.00. The van der Waals surface area contributed by atoms with Gasteiger partial charge in [-0.05, 0) is 55.4 Å². The number of rotatable bonds is 2. The van der Waals surface area contributed by atoms with Crippen molar-refractivity contribution >= 4 is 0 Å².